The van der Waals surface area contributed by atoms with Crippen LogP contribution < -0.4 is 9.80 Å². The zero-order valence-electron chi connectivity index (χ0n) is 12.7. The molecule has 0 saturated carbocycles. The molecule has 1 aliphatic rings. The van der Waals surface area contributed by atoms with Gasteiger partial charge in [-0.25, -0.2) is 0 Å². The van der Waals surface area contributed by atoms with Crippen LogP contribution in [-0.2, 0) is 6.18 Å². The maximum absolute atomic E-state index is 12.8. The van der Waals surface area contributed by atoms with Crippen molar-refractivity contribution in [1.29, 1.82) is 0 Å². The lowest BCUT2D eigenvalue weighted by atomic mass is 10.1. The average molecular weight is 357 g/mol. The maximum atomic E-state index is 12.8. The van der Waals surface area contributed by atoms with Crippen molar-refractivity contribution in [3.8, 4) is 5.75 Å². The molecular weight excluding hydrogens is 341 g/mol. The van der Waals surface area contributed by atoms with Crippen LogP contribution in [0.2, 0.25) is 5.02 Å². The normalized spacial score (nSPS) is 15.7. The highest BCUT2D eigenvalue weighted by Crippen LogP contribution is 2.32. The fourth-order valence-corrected chi connectivity index (χ4v) is 2.97. The van der Waals surface area contributed by atoms with E-state index in [0.717, 1.165) is 11.8 Å². The number of benzene rings is 2. The summed E-state index contributed by atoms with van der Waals surface area (Å²) in [4.78, 5) is 4.03. The molecule has 1 heterocycles. The van der Waals surface area contributed by atoms with Crippen LogP contribution in [0, 0.1) is 0 Å². The molecule has 128 valence electrons. The highest BCUT2D eigenvalue weighted by atomic mass is 35.5. The Kier molecular flexibility index (Phi) is 4.49. The van der Waals surface area contributed by atoms with Gasteiger partial charge in [0.25, 0.3) is 0 Å². The van der Waals surface area contributed by atoms with E-state index < -0.39 is 11.7 Å². The Balaban J connectivity index is 1.70. The molecule has 1 fully saturated rings. The molecule has 0 atom stereocenters. The van der Waals surface area contributed by atoms with Crippen molar-refractivity contribution >= 4 is 23.0 Å². The Hall–Kier alpha value is -2.08. The summed E-state index contributed by atoms with van der Waals surface area (Å²) in [5.41, 5.74) is 0.836. The molecule has 1 aliphatic heterocycles. The van der Waals surface area contributed by atoms with Crippen molar-refractivity contribution in [3.05, 3.63) is 53.1 Å². The van der Waals surface area contributed by atoms with Gasteiger partial charge in [0.2, 0.25) is 0 Å². The highest BCUT2D eigenvalue weighted by Gasteiger charge is 2.31. The van der Waals surface area contributed by atoms with E-state index in [0.29, 0.717) is 31.9 Å². The quantitative estimate of drug-likeness (QED) is 0.864. The van der Waals surface area contributed by atoms with Crippen LogP contribution >= 0.6 is 11.6 Å². The van der Waals surface area contributed by atoms with E-state index in [1.807, 2.05) is 4.90 Å². The first-order valence-corrected chi connectivity index (χ1v) is 7.88. The summed E-state index contributed by atoms with van der Waals surface area (Å²) in [5.74, 6) is 0.0306. The number of anilines is 2. The van der Waals surface area contributed by atoms with Crippen LogP contribution in [0.15, 0.2) is 42.5 Å². The Morgan fingerprint density at radius 2 is 1.46 bits per heavy atom. The first-order valence-electron chi connectivity index (χ1n) is 7.50. The molecule has 0 aliphatic carbocycles. The number of alkyl halides is 3. The largest absolute Gasteiger partial charge is 0.506 e. The highest BCUT2D eigenvalue weighted by molar-refractivity contribution is 6.32. The van der Waals surface area contributed by atoms with E-state index in [9.17, 15) is 18.3 Å². The van der Waals surface area contributed by atoms with E-state index in [1.165, 1.54) is 18.2 Å². The number of halogens is 4. The van der Waals surface area contributed by atoms with E-state index in [2.05, 4.69) is 4.90 Å². The van der Waals surface area contributed by atoms with Crippen molar-refractivity contribution in [2.45, 2.75) is 6.18 Å². The van der Waals surface area contributed by atoms with Crippen LogP contribution in [0.4, 0.5) is 24.5 Å². The van der Waals surface area contributed by atoms with Gasteiger partial charge >= 0.3 is 6.18 Å². The first-order chi connectivity index (χ1) is 11.3. The second-order valence-corrected chi connectivity index (χ2v) is 6.07. The summed E-state index contributed by atoms with van der Waals surface area (Å²) in [6, 6.07) is 10.4. The predicted molar refractivity (Wildman–Crippen MR) is 89.0 cm³/mol. The molecule has 24 heavy (non-hydrogen) atoms. The number of hydrogen-bond donors (Lipinski definition) is 1. The third-order valence-electron chi connectivity index (χ3n) is 4.11. The van der Waals surface area contributed by atoms with Crippen molar-refractivity contribution in [2.75, 3.05) is 36.0 Å². The molecule has 0 aromatic heterocycles. The van der Waals surface area contributed by atoms with Crippen LogP contribution in [0.1, 0.15) is 5.56 Å². The van der Waals surface area contributed by atoms with Gasteiger partial charge in [0.1, 0.15) is 5.75 Å². The van der Waals surface area contributed by atoms with Gasteiger partial charge in [-0.2, -0.15) is 13.2 Å². The Labute approximate surface area is 142 Å². The maximum Gasteiger partial charge on any atom is 0.416 e. The van der Waals surface area contributed by atoms with Crippen LogP contribution in [0.3, 0.4) is 0 Å². The van der Waals surface area contributed by atoms with E-state index >= 15 is 0 Å². The fourth-order valence-electron chi connectivity index (χ4n) is 2.79. The zero-order valence-corrected chi connectivity index (χ0v) is 13.5. The predicted octanol–water partition coefficient (Wildman–Crippen LogP) is 4.39. The minimum atomic E-state index is -4.33. The van der Waals surface area contributed by atoms with Crippen LogP contribution in [0.25, 0.3) is 0 Å². The number of phenolic OH excluding ortho intramolecular Hbond substituents is 1. The summed E-state index contributed by atoms with van der Waals surface area (Å²) in [5, 5.41) is 9.76. The van der Waals surface area contributed by atoms with Crippen LogP contribution in [-0.4, -0.2) is 31.3 Å². The number of aromatic hydroxyl groups is 1. The average Bonchev–Trinajstić information content (AvgIpc) is 2.57. The molecule has 3 rings (SSSR count). The zero-order chi connectivity index (χ0) is 17.3. The fraction of sp³-hybridized carbons (Fsp3) is 0.294. The van der Waals surface area contributed by atoms with Gasteiger partial charge in [0.15, 0.2) is 0 Å². The molecule has 0 unspecified atom stereocenters. The van der Waals surface area contributed by atoms with Crippen molar-refractivity contribution in [2.24, 2.45) is 0 Å². The lowest BCUT2D eigenvalue weighted by molar-refractivity contribution is -0.137. The minimum absolute atomic E-state index is 0.0306. The van der Waals surface area contributed by atoms with Gasteiger partial charge < -0.3 is 14.9 Å². The van der Waals surface area contributed by atoms with E-state index in [-0.39, 0.29) is 10.8 Å². The summed E-state index contributed by atoms with van der Waals surface area (Å²) < 4.78 is 38.5. The van der Waals surface area contributed by atoms with Crippen molar-refractivity contribution in [1.82, 2.24) is 0 Å². The molecule has 1 saturated heterocycles. The van der Waals surface area contributed by atoms with Gasteiger partial charge in [-0.3, -0.25) is 0 Å². The lowest BCUT2D eigenvalue weighted by Gasteiger charge is -2.37. The second-order valence-electron chi connectivity index (χ2n) is 5.66. The van der Waals surface area contributed by atoms with Gasteiger partial charge in [0, 0.05) is 37.6 Å². The summed E-state index contributed by atoms with van der Waals surface area (Å²) in [7, 11) is 0. The summed E-state index contributed by atoms with van der Waals surface area (Å²) >= 11 is 5.92. The molecule has 3 nitrogen and oxygen atoms in total. The molecule has 0 amide bonds. The van der Waals surface area contributed by atoms with E-state index in [4.69, 9.17) is 11.6 Å². The molecule has 0 bridgehead atoms. The second kappa shape index (κ2) is 6.43. The van der Waals surface area contributed by atoms with E-state index in [1.54, 1.807) is 18.2 Å². The molecule has 7 heteroatoms. The molecule has 0 spiro atoms. The number of rotatable bonds is 2. The Morgan fingerprint density at radius 3 is 2.00 bits per heavy atom. The summed E-state index contributed by atoms with van der Waals surface area (Å²) in [6.07, 6.45) is -4.33. The number of nitrogens with zero attached hydrogens (tertiary/aromatic N) is 2. The van der Waals surface area contributed by atoms with Gasteiger partial charge in [-0.05, 0) is 36.4 Å². The van der Waals surface area contributed by atoms with Crippen LogP contribution in [0.5, 0.6) is 5.75 Å². The van der Waals surface area contributed by atoms with Crippen molar-refractivity contribution < 1.29 is 18.3 Å². The SMILES string of the molecule is Oc1ccc(N2CCN(c3cccc(C(F)(F)F)c3)CC2)cc1Cl. The monoisotopic (exact) mass is 356 g/mol. The lowest BCUT2D eigenvalue weighted by Crippen LogP contribution is -2.46. The molecule has 1 N–H and O–H groups in total. The molecular formula is C17H16ClF3N2O. The standard InChI is InChI=1S/C17H16ClF3N2O/c18-15-11-14(4-5-16(15)24)23-8-6-22(7-9-23)13-3-1-2-12(10-13)17(19,20)21/h1-5,10-11,24H,6-9H2. The first kappa shape index (κ1) is 16.8. The van der Waals surface area contributed by atoms with Gasteiger partial charge in [-0.1, -0.05) is 17.7 Å². The topological polar surface area (TPSA) is 26.7 Å². The molecule has 0 radical (unpaired) electrons. The third kappa shape index (κ3) is 3.53. The summed E-state index contributed by atoms with van der Waals surface area (Å²) in [6.45, 7) is 2.55. The minimum Gasteiger partial charge on any atom is -0.506 e. The van der Waals surface area contributed by atoms with Crippen molar-refractivity contribution in [3.63, 3.8) is 0 Å². The third-order valence-corrected chi connectivity index (χ3v) is 4.42. The van der Waals surface area contributed by atoms with Gasteiger partial charge in [0.05, 0.1) is 10.6 Å². The number of hydrogen-bond acceptors (Lipinski definition) is 3. The Bertz CT molecular complexity index is 728. The smallest absolute Gasteiger partial charge is 0.416 e. The number of piperazine rings is 1. The van der Waals surface area contributed by atoms with Gasteiger partial charge in [-0.15, -0.1) is 0 Å². The Morgan fingerprint density at radius 1 is 0.875 bits per heavy atom. The number of phenols is 1. The molecule has 2 aromatic rings. The molecule has 2 aromatic carbocycles.